The molecule has 0 aliphatic carbocycles. The fraction of sp³-hybridized carbons (Fsp3) is 0.381. The van der Waals surface area contributed by atoms with E-state index in [0.29, 0.717) is 19.6 Å². The zero-order valence-corrected chi connectivity index (χ0v) is 15.0. The van der Waals surface area contributed by atoms with Gasteiger partial charge in [0.2, 0.25) is 5.91 Å². The first kappa shape index (κ1) is 18.5. The maximum Gasteiger partial charge on any atom is 0.237 e. The van der Waals surface area contributed by atoms with E-state index in [0.717, 1.165) is 30.5 Å². The first-order chi connectivity index (χ1) is 12.6. The lowest BCUT2D eigenvalue weighted by Gasteiger charge is -2.28. The summed E-state index contributed by atoms with van der Waals surface area (Å²) >= 11 is 0. The van der Waals surface area contributed by atoms with Crippen molar-refractivity contribution in [2.45, 2.75) is 32.4 Å². The highest BCUT2D eigenvalue weighted by Gasteiger charge is 2.28. The summed E-state index contributed by atoms with van der Waals surface area (Å²) in [5.74, 6) is -0.505. The summed E-state index contributed by atoms with van der Waals surface area (Å²) < 4.78 is 26.5. The molecule has 1 amide bonds. The molecule has 1 unspecified atom stereocenters. The number of likely N-dealkylation sites (tertiary alicyclic amines) is 1. The molecule has 2 aromatic carbocycles. The fourth-order valence-electron chi connectivity index (χ4n) is 3.58. The molecule has 0 bridgehead atoms. The van der Waals surface area contributed by atoms with Crippen LogP contribution in [0.25, 0.3) is 0 Å². The van der Waals surface area contributed by atoms with Crippen molar-refractivity contribution in [1.29, 1.82) is 0 Å². The van der Waals surface area contributed by atoms with Gasteiger partial charge in [-0.05, 0) is 61.7 Å². The van der Waals surface area contributed by atoms with Gasteiger partial charge in [-0.3, -0.25) is 9.69 Å². The molecule has 0 aromatic heterocycles. The Bertz CT molecular complexity index is 748. The first-order valence-electron chi connectivity index (χ1n) is 9.08. The van der Waals surface area contributed by atoms with Crippen LogP contribution in [0.4, 0.5) is 8.78 Å². The van der Waals surface area contributed by atoms with Gasteiger partial charge in [-0.2, -0.15) is 0 Å². The van der Waals surface area contributed by atoms with Crippen LogP contribution < -0.4 is 0 Å². The second kappa shape index (κ2) is 8.41. The number of halogens is 2. The summed E-state index contributed by atoms with van der Waals surface area (Å²) in [7, 11) is 0. The molecule has 0 radical (unpaired) electrons. The van der Waals surface area contributed by atoms with Crippen molar-refractivity contribution in [2.24, 2.45) is 0 Å². The predicted octanol–water partition coefficient (Wildman–Crippen LogP) is 4.15. The number of amides is 1. The fourth-order valence-corrected chi connectivity index (χ4v) is 3.58. The van der Waals surface area contributed by atoms with Crippen molar-refractivity contribution in [3.05, 3.63) is 71.3 Å². The molecule has 1 saturated heterocycles. The van der Waals surface area contributed by atoms with E-state index < -0.39 is 0 Å². The van der Waals surface area contributed by atoms with E-state index in [2.05, 4.69) is 4.90 Å². The highest BCUT2D eigenvalue weighted by atomic mass is 19.1. The van der Waals surface area contributed by atoms with Gasteiger partial charge in [0.25, 0.3) is 0 Å². The molecule has 3 nitrogen and oxygen atoms in total. The number of carbonyl (C=O) groups excluding carboxylic acids is 1. The second-order valence-electron chi connectivity index (χ2n) is 6.72. The first-order valence-corrected chi connectivity index (χ1v) is 9.08. The number of hydrogen-bond acceptors (Lipinski definition) is 2. The monoisotopic (exact) mass is 358 g/mol. The Kier molecular flexibility index (Phi) is 5.99. The predicted molar refractivity (Wildman–Crippen MR) is 97.4 cm³/mol. The maximum atomic E-state index is 13.4. The number of nitrogens with zero attached hydrogens (tertiary/aromatic N) is 2. The normalized spacial score (nSPS) is 17.4. The van der Waals surface area contributed by atoms with Gasteiger partial charge >= 0.3 is 0 Å². The van der Waals surface area contributed by atoms with E-state index in [9.17, 15) is 13.6 Å². The Balaban J connectivity index is 1.65. The largest absolute Gasteiger partial charge is 0.338 e. The molecule has 0 spiro atoms. The Hall–Kier alpha value is -2.27. The summed E-state index contributed by atoms with van der Waals surface area (Å²) in [6.07, 6.45) is 1.99. The van der Waals surface area contributed by atoms with Crippen LogP contribution in [-0.2, 0) is 11.3 Å². The van der Waals surface area contributed by atoms with Crippen LogP contribution in [0.1, 0.15) is 36.9 Å². The third-order valence-corrected chi connectivity index (χ3v) is 4.95. The van der Waals surface area contributed by atoms with E-state index in [1.807, 2.05) is 13.0 Å². The average molecular weight is 358 g/mol. The van der Waals surface area contributed by atoms with Crippen molar-refractivity contribution in [3.63, 3.8) is 0 Å². The van der Waals surface area contributed by atoms with Crippen molar-refractivity contribution in [1.82, 2.24) is 9.80 Å². The van der Waals surface area contributed by atoms with Gasteiger partial charge in [-0.25, -0.2) is 8.78 Å². The third-order valence-electron chi connectivity index (χ3n) is 4.95. The molecular formula is C21H24F2N2O. The SMILES string of the molecule is CCN(Cc1cccc(F)c1)C(=O)CN1CCCC1c1ccc(F)cc1. The van der Waals surface area contributed by atoms with Gasteiger partial charge in [0.15, 0.2) is 0 Å². The van der Waals surface area contributed by atoms with Crippen LogP contribution in [0.5, 0.6) is 0 Å². The Labute approximate surface area is 153 Å². The summed E-state index contributed by atoms with van der Waals surface area (Å²) in [6.45, 7) is 4.09. The Morgan fingerprint density at radius 1 is 1.15 bits per heavy atom. The van der Waals surface area contributed by atoms with Gasteiger partial charge in [0, 0.05) is 19.1 Å². The van der Waals surface area contributed by atoms with Crippen molar-refractivity contribution in [2.75, 3.05) is 19.6 Å². The Morgan fingerprint density at radius 2 is 1.92 bits per heavy atom. The van der Waals surface area contributed by atoms with Crippen LogP contribution in [0.15, 0.2) is 48.5 Å². The minimum Gasteiger partial charge on any atom is -0.338 e. The Morgan fingerprint density at radius 3 is 2.62 bits per heavy atom. The lowest BCUT2D eigenvalue weighted by Crippen LogP contribution is -2.39. The van der Waals surface area contributed by atoms with Gasteiger partial charge in [-0.15, -0.1) is 0 Å². The number of rotatable bonds is 6. The highest BCUT2D eigenvalue weighted by Crippen LogP contribution is 2.31. The van der Waals surface area contributed by atoms with Gasteiger partial charge in [-0.1, -0.05) is 24.3 Å². The molecule has 1 aliphatic rings. The quantitative estimate of drug-likeness (QED) is 0.774. The van der Waals surface area contributed by atoms with E-state index in [-0.39, 0.29) is 23.6 Å². The molecule has 0 saturated carbocycles. The summed E-state index contributed by atoms with van der Waals surface area (Å²) in [5.41, 5.74) is 1.83. The zero-order valence-electron chi connectivity index (χ0n) is 15.0. The molecule has 5 heteroatoms. The smallest absolute Gasteiger partial charge is 0.237 e. The van der Waals surface area contributed by atoms with Crippen LogP contribution >= 0.6 is 0 Å². The number of hydrogen-bond donors (Lipinski definition) is 0. The molecule has 1 atom stereocenters. The highest BCUT2D eigenvalue weighted by molar-refractivity contribution is 5.78. The van der Waals surface area contributed by atoms with E-state index >= 15 is 0 Å². The van der Waals surface area contributed by atoms with E-state index in [4.69, 9.17) is 0 Å². The summed E-state index contributed by atoms with van der Waals surface area (Å²) in [6, 6.07) is 13.0. The second-order valence-corrected chi connectivity index (χ2v) is 6.72. The summed E-state index contributed by atoms with van der Waals surface area (Å²) in [5, 5.41) is 0. The van der Waals surface area contributed by atoms with Gasteiger partial charge in [0.05, 0.1) is 6.54 Å². The van der Waals surface area contributed by atoms with Crippen LogP contribution in [0, 0.1) is 11.6 Å². The molecule has 26 heavy (non-hydrogen) atoms. The lowest BCUT2D eigenvalue weighted by molar-refractivity contribution is -0.133. The topological polar surface area (TPSA) is 23.6 Å². The standard InChI is InChI=1S/C21H24F2N2O/c1-2-24(14-16-5-3-6-19(23)13-16)21(26)15-25-12-4-7-20(25)17-8-10-18(22)11-9-17/h3,5-6,8-11,13,20H,2,4,7,12,14-15H2,1H3. The zero-order chi connectivity index (χ0) is 18.5. The minimum atomic E-state index is -0.290. The van der Waals surface area contributed by atoms with E-state index in [1.54, 1.807) is 23.1 Å². The van der Waals surface area contributed by atoms with Gasteiger partial charge in [0.1, 0.15) is 11.6 Å². The van der Waals surface area contributed by atoms with Crippen molar-refractivity contribution >= 4 is 5.91 Å². The molecule has 3 rings (SSSR count). The number of benzene rings is 2. The van der Waals surface area contributed by atoms with Crippen LogP contribution in [-0.4, -0.2) is 35.3 Å². The van der Waals surface area contributed by atoms with Crippen molar-refractivity contribution in [3.8, 4) is 0 Å². The number of likely N-dealkylation sites (N-methyl/N-ethyl adjacent to an activating group) is 1. The molecule has 0 N–H and O–H groups in total. The summed E-state index contributed by atoms with van der Waals surface area (Å²) in [4.78, 5) is 16.7. The number of carbonyl (C=O) groups is 1. The molecule has 138 valence electrons. The molecule has 2 aromatic rings. The molecule has 1 fully saturated rings. The minimum absolute atomic E-state index is 0.0331. The molecule has 1 heterocycles. The molecular weight excluding hydrogens is 334 g/mol. The van der Waals surface area contributed by atoms with Crippen LogP contribution in [0.2, 0.25) is 0 Å². The van der Waals surface area contributed by atoms with E-state index in [1.165, 1.54) is 24.3 Å². The average Bonchev–Trinajstić information content (AvgIpc) is 3.08. The van der Waals surface area contributed by atoms with Crippen molar-refractivity contribution < 1.29 is 13.6 Å². The molecule has 1 aliphatic heterocycles. The maximum absolute atomic E-state index is 13.4. The van der Waals surface area contributed by atoms with Crippen LogP contribution in [0.3, 0.4) is 0 Å². The van der Waals surface area contributed by atoms with Gasteiger partial charge < -0.3 is 4.90 Å². The third kappa shape index (κ3) is 4.47. The lowest BCUT2D eigenvalue weighted by atomic mass is 10.0.